The monoisotopic (exact) mass is 389 g/mol. The molecule has 3 aliphatic rings. The Morgan fingerprint density at radius 3 is 2.52 bits per heavy atom. The molecule has 5 nitrogen and oxygen atoms in total. The van der Waals surface area contributed by atoms with Gasteiger partial charge in [0.05, 0.1) is 12.1 Å². The van der Waals surface area contributed by atoms with E-state index in [-0.39, 0.29) is 11.8 Å². The van der Waals surface area contributed by atoms with E-state index in [4.69, 9.17) is 0 Å². The molecule has 5 rings (SSSR count). The Morgan fingerprint density at radius 2 is 1.76 bits per heavy atom. The second-order valence-electron chi connectivity index (χ2n) is 8.64. The maximum atomic E-state index is 12.9. The summed E-state index contributed by atoms with van der Waals surface area (Å²) in [4.78, 5) is 29.4. The molecular weight excluding hydrogens is 362 g/mol. The predicted molar refractivity (Wildman–Crippen MR) is 116 cm³/mol. The molecule has 0 spiro atoms. The third-order valence-electron chi connectivity index (χ3n) is 6.54. The average Bonchev–Trinajstić information content (AvgIpc) is 3.06. The normalized spacial score (nSPS) is 18.7. The van der Waals surface area contributed by atoms with Gasteiger partial charge in [-0.15, -0.1) is 0 Å². The number of carbonyl (C=O) groups excluding carboxylic acids is 2. The van der Waals surface area contributed by atoms with Crippen LogP contribution in [0.15, 0.2) is 36.4 Å². The number of aryl methyl sites for hydroxylation is 1. The molecule has 1 fully saturated rings. The molecule has 29 heavy (non-hydrogen) atoms. The Kier molecular flexibility index (Phi) is 4.53. The molecule has 2 aromatic rings. The van der Waals surface area contributed by atoms with Crippen molar-refractivity contribution in [2.24, 2.45) is 5.92 Å². The standard InChI is InChI=1S/C24H27N3O2/c1-16-8-11-26(12-9-16)21-6-4-20(5-7-21)25-24(29)19-13-17-3-2-10-27-22(28)15-18(14-19)23(17)27/h4-7,13-14,16H,2-3,8-12,15H2,1H3,(H,25,29). The number of hydrogen-bond donors (Lipinski definition) is 1. The number of hydrogen-bond acceptors (Lipinski definition) is 3. The third-order valence-corrected chi connectivity index (χ3v) is 6.54. The first-order valence-electron chi connectivity index (χ1n) is 10.7. The van der Waals surface area contributed by atoms with E-state index in [1.165, 1.54) is 18.5 Å². The van der Waals surface area contributed by atoms with Crippen LogP contribution in [0.3, 0.4) is 0 Å². The quantitative estimate of drug-likeness (QED) is 0.863. The lowest BCUT2D eigenvalue weighted by atomic mass is 9.96. The van der Waals surface area contributed by atoms with Crippen LogP contribution in [-0.4, -0.2) is 31.4 Å². The first-order valence-corrected chi connectivity index (χ1v) is 10.7. The average molecular weight is 389 g/mol. The van der Waals surface area contributed by atoms with E-state index in [1.54, 1.807) is 0 Å². The molecule has 5 heteroatoms. The molecule has 0 radical (unpaired) electrons. The largest absolute Gasteiger partial charge is 0.372 e. The zero-order valence-electron chi connectivity index (χ0n) is 16.9. The van der Waals surface area contributed by atoms with Crippen molar-refractivity contribution in [1.82, 2.24) is 0 Å². The Labute approximate surface area is 171 Å². The molecular formula is C24H27N3O2. The molecule has 2 amide bonds. The van der Waals surface area contributed by atoms with E-state index < -0.39 is 0 Å². The molecule has 0 saturated carbocycles. The molecule has 0 atom stereocenters. The SMILES string of the molecule is CC1CCN(c2ccc(NC(=O)c3cc4c5c(c3)CC(=O)N5CCC4)cc2)CC1. The van der Waals surface area contributed by atoms with Crippen LogP contribution in [0.25, 0.3) is 0 Å². The molecule has 0 unspecified atom stereocenters. The van der Waals surface area contributed by atoms with Crippen LogP contribution in [0, 0.1) is 5.92 Å². The van der Waals surface area contributed by atoms with Gasteiger partial charge in [0.2, 0.25) is 5.91 Å². The molecule has 2 aromatic carbocycles. The third kappa shape index (κ3) is 3.39. The summed E-state index contributed by atoms with van der Waals surface area (Å²) in [5.41, 5.74) is 5.83. The highest BCUT2D eigenvalue weighted by Crippen LogP contribution is 2.37. The van der Waals surface area contributed by atoms with Crippen LogP contribution < -0.4 is 15.1 Å². The summed E-state index contributed by atoms with van der Waals surface area (Å²) in [5.74, 6) is 0.853. The zero-order valence-corrected chi connectivity index (χ0v) is 16.9. The van der Waals surface area contributed by atoms with Crippen LogP contribution in [-0.2, 0) is 17.6 Å². The van der Waals surface area contributed by atoms with Crippen LogP contribution in [0.4, 0.5) is 17.1 Å². The number of benzene rings is 2. The lowest BCUT2D eigenvalue weighted by molar-refractivity contribution is -0.117. The van der Waals surface area contributed by atoms with Gasteiger partial charge in [-0.25, -0.2) is 0 Å². The van der Waals surface area contributed by atoms with Crippen LogP contribution in [0.5, 0.6) is 0 Å². The van der Waals surface area contributed by atoms with Crippen molar-refractivity contribution in [3.8, 4) is 0 Å². The minimum atomic E-state index is -0.111. The van der Waals surface area contributed by atoms with E-state index in [0.717, 1.165) is 60.9 Å². The van der Waals surface area contributed by atoms with E-state index in [0.29, 0.717) is 12.0 Å². The van der Waals surface area contributed by atoms with Crippen LogP contribution in [0.2, 0.25) is 0 Å². The molecule has 3 heterocycles. The van der Waals surface area contributed by atoms with E-state index in [2.05, 4.69) is 29.3 Å². The first-order chi connectivity index (χ1) is 14.1. The minimum absolute atomic E-state index is 0.111. The summed E-state index contributed by atoms with van der Waals surface area (Å²) in [5, 5.41) is 3.02. The number of piperidine rings is 1. The van der Waals surface area contributed by atoms with Crippen molar-refractivity contribution in [3.05, 3.63) is 53.1 Å². The highest BCUT2D eigenvalue weighted by molar-refractivity contribution is 6.08. The van der Waals surface area contributed by atoms with Gasteiger partial charge in [0.25, 0.3) is 5.91 Å². The van der Waals surface area contributed by atoms with Crippen LogP contribution in [0.1, 0.15) is 47.7 Å². The van der Waals surface area contributed by atoms with Crippen molar-refractivity contribution in [3.63, 3.8) is 0 Å². The maximum absolute atomic E-state index is 12.9. The van der Waals surface area contributed by atoms with E-state index >= 15 is 0 Å². The van der Waals surface area contributed by atoms with Gasteiger partial charge in [-0.3, -0.25) is 9.59 Å². The number of amides is 2. The van der Waals surface area contributed by atoms with Gasteiger partial charge in [-0.2, -0.15) is 0 Å². The van der Waals surface area contributed by atoms with Crippen molar-refractivity contribution in [2.45, 2.75) is 39.0 Å². The Morgan fingerprint density at radius 1 is 1.03 bits per heavy atom. The Hall–Kier alpha value is -2.82. The second-order valence-corrected chi connectivity index (χ2v) is 8.64. The second kappa shape index (κ2) is 7.21. The molecule has 150 valence electrons. The summed E-state index contributed by atoms with van der Waals surface area (Å²) in [6, 6.07) is 12.0. The Bertz CT molecular complexity index is 959. The molecule has 1 N–H and O–H groups in total. The number of nitrogens with zero attached hydrogens (tertiary/aromatic N) is 2. The molecule has 3 aliphatic heterocycles. The summed E-state index contributed by atoms with van der Waals surface area (Å²) < 4.78 is 0. The summed E-state index contributed by atoms with van der Waals surface area (Å²) in [7, 11) is 0. The van der Waals surface area contributed by atoms with Gasteiger partial charge < -0.3 is 15.1 Å². The fraction of sp³-hybridized carbons (Fsp3) is 0.417. The van der Waals surface area contributed by atoms with Gasteiger partial charge in [0, 0.05) is 36.6 Å². The van der Waals surface area contributed by atoms with Crippen molar-refractivity contribution >= 4 is 28.9 Å². The number of nitrogens with one attached hydrogen (secondary N) is 1. The van der Waals surface area contributed by atoms with Crippen LogP contribution >= 0.6 is 0 Å². The van der Waals surface area contributed by atoms with Crippen molar-refractivity contribution < 1.29 is 9.59 Å². The summed E-state index contributed by atoms with van der Waals surface area (Å²) >= 11 is 0. The van der Waals surface area contributed by atoms with Crippen molar-refractivity contribution in [2.75, 3.05) is 34.8 Å². The van der Waals surface area contributed by atoms with Gasteiger partial charge >= 0.3 is 0 Å². The summed E-state index contributed by atoms with van der Waals surface area (Å²) in [6.07, 6.45) is 4.77. The Balaban J connectivity index is 1.31. The fourth-order valence-corrected chi connectivity index (χ4v) is 4.84. The van der Waals surface area contributed by atoms with Gasteiger partial charge in [-0.05, 0) is 79.1 Å². The number of carbonyl (C=O) groups is 2. The highest BCUT2D eigenvalue weighted by atomic mass is 16.2. The van der Waals surface area contributed by atoms with Crippen molar-refractivity contribution in [1.29, 1.82) is 0 Å². The highest BCUT2D eigenvalue weighted by Gasteiger charge is 2.32. The van der Waals surface area contributed by atoms with E-state index in [9.17, 15) is 9.59 Å². The molecule has 0 aromatic heterocycles. The lowest BCUT2D eigenvalue weighted by Gasteiger charge is -2.32. The van der Waals surface area contributed by atoms with Gasteiger partial charge in [0.1, 0.15) is 0 Å². The summed E-state index contributed by atoms with van der Waals surface area (Å²) in [6.45, 7) is 5.31. The zero-order chi connectivity index (χ0) is 20.0. The van der Waals surface area contributed by atoms with Gasteiger partial charge in [0.15, 0.2) is 0 Å². The fourth-order valence-electron chi connectivity index (χ4n) is 4.84. The lowest BCUT2D eigenvalue weighted by Crippen LogP contribution is -2.32. The number of anilines is 3. The predicted octanol–water partition coefficient (Wildman–Crippen LogP) is 4.01. The molecule has 0 aliphatic carbocycles. The number of rotatable bonds is 3. The topological polar surface area (TPSA) is 52.7 Å². The maximum Gasteiger partial charge on any atom is 0.255 e. The molecule has 1 saturated heterocycles. The first kappa shape index (κ1) is 18.2. The molecule has 0 bridgehead atoms. The van der Waals surface area contributed by atoms with E-state index in [1.807, 2.05) is 29.2 Å². The minimum Gasteiger partial charge on any atom is -0.372 e. The van der Waals surface area contributed by atoms with Gasteiger partial charge in [-0.1, -0.05) is 6.92 Å². The smallest absolute Gasteiger partial charge is 0.255 e.